The van der Waals surface area contributed by atoms with E-state index in [1.54, 1.807) is 0 Å². The Morgan fingerprint density at radius 2 is 2.31 bits per heavy atom. The topological polar surface area (TPSA) is 42.4 Å². The third kappa shape index (κ3) is 3.41. The molecule has 0 atom stereocenters. The Morgan fingerprint density at radius 1 is 1.56 bits per heavy atom. The minimum atomic E-state index is 0.453. The van der Waals surface area contributed by atoms with E-state index < -0.39 is 0 Å². The Kier molecular flexibility index (Phi) is 5.10. The van der Waals surface area contributed by atoms with Gasteiger partial charge in [0.25, 0.3) is 0 Å². The van der Waals surface area contributed by atoms with Crippen molar-refractivity contribution in [3.05, 3.63) is 23.2 Å². The Hall–Kier alpha value is -1.24. The lowest BCUT2D eigenvalue weighted by molar-refractivity contribution is 0.269. The molecule has 0 aliphatic carbocycles. The molecular formula is C13H20N2O. The fourth-order valence-corrected chi connectivity index (χ4v) is 1.75. The normalized spacial score (nSPS) is 10.7. The highest BCUT2D eigenvalue weighted by atomic mass is 16.3. The Labute approximate surface area is 97.6 Å². The molecular weight excluding hydrogens is 200 g/mol. The molecule has 88 valence electrons. The van der Waals surface area contributed by atoms with Crippen molar-refractivity contribution in [2.24, 2.45) is 5.73 Å². The standard InChI is InChI=1S/C13H20N2O/c1-4-6-15(7-5-2)10-12-8-11(3)13(9-14)16-12/h1,8H,5-7,9-10,14H2,2-3H3. The fourth-order valence-electron chi connectivity index (χ4n) is 1.75. The molecule has 0 saturated carbocycles. The SMILES string of the molecule is C#CCN(CCC)Cc1cc(C)c(CN)o1. The van der Waals surface area contributed by atoms with Gasteiger partial charge in [0.05, 0.1) is 19.6 Å². The van der Waals surface area contributed by atoms with Crippen LogP contribution in [-0.2, 0) is 13.1 Å². The summed E-state index contributed by atoms with van der Waals surface area (Å²) in [5, 5.41) is 0. The summed E-state index contributed by atoms with van der Waals surface area (Å²) < 4.78 is 5.65. The molecule has 0 unspecified atom stereocenters. The second-order valence-corrected chi connectivity index (χ2v) is 3.94. The van der Waals surface area contributed by atoms with Crippen LogP contribution in [0.2, 0.25) is 0 Å². The molecule has 0 fully saturated rings. The van der Waals surface area contributed by atoms with Crippen molar-refractivity contribution in [2.45, 2.75) is 33.4 Å². The molecule has 3 heteroatoms. The van der Waals surface area contributed by atoms with Crippen LogP contribution in [0.1, 0.15) is 30.4 Å². The third-order valence-corrected chi connectivity index (χ3v) is 2.49. The average Bonchev–Trinajstić information content (AvgIpc) is 2.59. The average molecular weight is 220 g/mol. The highest BCUT2D eigenvalue weighted by Crippen LogP contribution is 2.15. The van der Waals surface area contributed by atoms with Gasteiger partial charge in [0.1, 0.15) is 11.5 Å². The first-order chi connectivity index (χ1) is 7.71. The van der Waals surface area contributed by atoms with Crippen molar-refractivity contribution in [3.8, 4) is 12.3 Å². The number of rotatable bonds is 6. The molecule has 0 radical (unpaired) electrons. The zero-order valence-corrected chi connectivity index (χ0v) is 10.1. The van der Waals surface area contributed by atoms with E-state index in [2.05, 4.69) is 17.7 Å². The highest BCUT2D eigenvalue weighted by molar-refractivity contribution is 5.19. The summed E-state index contributed by atoms with van der Waals surface area (Å²) in [7, 11) is 0. The van der Waals surface area contributed by atoms with Crippen LogP contribution in [0.3, 0.4) is 0 Å². The number of nitrogens with zero attached hydrogens (tertiary/aromatic N) is 1. The minimum absolute atomic E-state index is 0.453. The van der Waals surface area contributed by atoms with Crippen LogP contribution in [0, 0.1) is 19.3 Å². The van der Waals surface area contributed by atoms with Crippen molar-refractivity contribution in [1.82, 2.24) is 4.90 Å². The second-order valence-electron chi connectivity index (χ2n) is 3.94. The highest BCUT2D eigenvalue weighted by Gasteiger charge is 2.09. The van der Waals surface area contributed by atoms with Crippen LogP contribution in [-0.4, -0.2) is 18.0 Å². The van der Waals surface area contributed by atoms with E-state index in [0.29, 0.717) is 13.1 Å². The predicted molar refractivity (Wildman–Crippen MR) is 65.7 cm³/mol. The van der Waals surface area contributed by atoms with E-state index in [0.717, 1.165) is 36.6 Å². The molecule has 0 amide bonds. The van der Waals surface area contributed by atoms with Gasteiger partial charge in [0.15, 0.2) is 0 Å². The first-order valence-corrected chi connectivity index (χ1v) is 5.65. The molecule has 1 rings (SSSR count). The minimum Gasteiger partial charge on any atom is -0.463 e. The van der Waals surface area contributed by atoms with Gasteiger partial charge in [-0.3, -0.25) is 4.90 Å². The molecule has 0 aromatic carbocycles. The van der Waals surface area contributed by atoms with Crippen molar-refractivity contribution in [3.63, 3.8) is 0 Å². The van der Waals surface area contributed by atoms with Gasteiger partial charge >= 0.3 is 0 Å². The molecule has 2 N–H and O–H groups in total. The maximum Gasteiger partial charge on any atom is 0.120 e. The maximum absolute atomic E-state index is 5.65. The summed E-state index contributed by atoms with van der Waals surface area (Å²) in [4.78, 5) is 2.19. The Bertz CT molecular complexity index is 362. The number of hydrogen-bond acceptors (Lipinski definition) is 3. The number of aryl methyl sites for hydroxylation is 1. The van der Waals surface area contributed by atoms with Gasteiger partial charge < -0.3 is 10.2 Å². The van der Waals surface area contributed by atoms with Crippen molar-refractivity contribution in [2.75, 3.05) is 13.1 Å². The van der Waals surface area contributed by atoms with E-state index in [-0.39, 0.29) is 0 Å². The number of nitrogens with two attached hydrogens (primary N) is 1. The number of hydrogen-bond donors (Lipinski definition) is 1. The Morgan fingerprint density at radius 3 is 2.81 bits per heavy atom. The molecule has 1 aromatic rings. The van der Waals surface area contributed by atoms with Crippen LogP contribution in [0.5, 0.6) is 0 Å². The number of furan rings is 1. The summed E-state index contributed by atoms with van der Waals surface area (Å²) in [5.41, 5.74) is 6.69. The monoisotopic (exact) mass is 220 g/mol. The van der Waals surface area contributed by atoms with Crippen LogP contribution in [0.25, 0.3) is 0 Å². The molecule has 0 aliphatic heterocycles. The van der Waals surface area contributed by atoms with E-state index in [9.17, 15) is 0 Å². The molecule has 0 aliphatic rings. The van der Waals surface area contributed by atoms with Crippen LogP contribution >= 0.6 is 0 Å². The van der Waals surface area contributed by atoms with Gasteiger partial charge in [-0.05, 0) is 31.5 Å². The van der Waals surface area contributed by atoms with Crippen LogP contribution in [0.15, 0.2) is 10.5 Å². The van der Waals surface area contributed by atoms with Gasteiger partial charge in [-0.15, -0.1) is 6.42 Å². The molecule has 0 saturated heterocycles. The summed E-state index contributed by atoms with van der Waals surface area (Å²) in [5.74, 6) is 4.48. The predicted octanol–water partition coefficient (Wildman–Crippen LogP) is 1.89. The fraction of sp³-hybridized carbons (Fsp3) is 0.538. The second kappa shape index (κ2) is 6.37. The van der Waals surface area contributed by atoms with Gasteiger partial charge in [0, 0.05) is 0 Å². The molecule has 3 nitrogen and oxygen atoms in total. The van der Waals surface area contributed by atoms with Crippen molar-refractivity contribution in [1.29, 1.82) is 0 Å². The first-order valence-electron chi connectivity index (χ1n) is 5.65. The van der Waals surface area contributed by atoms with Gasteiger partial charge in [-0.1, -0.05) is 12.8 Å². The van der Waals surface area contributed by atoms with Crippen molar-refractivity contribution >= 4 is 0 Å². The third-order valence-electron chi connectivity index (χ3n) is 2.49. The smallest absolute Gasteiger partial charge is 0.120 e. The summed E-state index contributed by atoms with van der Waals surface area (Å²) >= 11 is 0. The molecule has 1 aromatic heterocycles. The summed E-state index contributed by atoms with van der Waals surface area (Å²) in [6.45, 7) is 7.02. The summed E-state index contributed by atoms with van der Waals surface area (Å²) in [6.07, 6.45) is 6.42. The van der Waals surface area contributed by atoms with Gasteiger partial charge in [-0.25, -0.2) is 0 Å². The maximum atomic E-state index is 5.65. The zero-order chi connectivity index (χ0) is 12.0. The lowest BCUT2D eigenvalue weighted by atomic mass is 10.2. The van der Waals surface area contributed by atoms with E-state index in [4.69, 9.17) is 16.6 Å². The lowest BCUT2D eigenvalue weighted by Crippen LogP contribution is -2.24. The zero-order valence-electron chi connectivity index (χ0n) is 10.1. The van der Waals surface area contributed by atoms with Crippen molar-refractivity contribution < 1.29 is 4.42 Å². The van der Waals surface area contributed by atoms with Crippen LogP contribution < -0.4 is 5.73 Å². The Balaban J connectivity index is 2.66. The largest absolute Gasteiger partial charge is 0.463 e. The summed E-state index contributed by atoms with van der Waals surface area (Å²) in [6, 6.07) is 2.04. The number of terminal acetylenes is 1. The first kappa shape index (κ1) is 12.8. The van der Waals surface area contributed by atoms with Gasteiger partial charge in [0.2, 0.25) is 0 Å². The van der Waals surface area contributed by atoms with Crippen LogP contribution in [0.4, 0.5) is 0 Å². The molecule has 0 spiro atoms. The molecule has 0 bridgehead atoms. The van der Waals surface area contributed by atoms with E-state index >= 15 is 0 Å². The van der Waals surface area contributed by atoms with E-state index in [1.165, 1.54) is 0 Å². The lowest BCUT2D eigenvalue weighted by Gasteiger charge is -2.16. The van der Waals surface area contributed by atoms with E-state index in [1.807, 2.05) is 13.0 Å². The van der Waals surface area contributed by atoms with Gasteiger partial charge in [-0.2, -0.15) is 0 Å². The molecule has 1 heterocycles. The quantitative estimate of drug-likeness (QED) is 0.744. The molecule has 16 heavy (non-hydrogen) atoms.